The Labute approximate surface area is 118 Å². The van der Waals surface area contributed by atoms with Crippen molar-refractivity contribution in [3.05, 3.63) is 65.7 Å². The van der Waals surface area contributed by atoms with Gasteiger partial charge in [-0.1, -0.05) is 42.5 Å². The third-order valence-electron chi connectivity index (χ3n) is 3.66. The molecule has 0 bridgehead atoms. The summed E-state index contributed by atoms with van der Waals surface area (Å²) in [5, 5.41) is 0. The van der Waals surface area contributed by atoms with Crippen LogP contribution in [0.25, 0.3) is 0 Å². The fraction of sp³-hybridized carbons (Fsp3) is 0.188. The van der Waals surface area contributed by atoms with Crippen LogP contribution < -0.4 is 0 Å². The zero-order valence-corrected chi connectivity index (χ0v) is 11.8. The molecule has 20 heavy (non-hydrogen) atoms. The molecule has 2 atom stereocenters. The second-order valence-electron chi connectivity index (χ2n) is 5.11. The number of hydrogen-bond acceptors (Lipinski definition) is 3. The second-order valence-corrected chi connectivity index (χ2v) is 7.13. The van der Waals surface area contributed by atoms with Crippen LogP contribution in [0.4, 0.5) is 0 Å². The molecule has 1 aliphatic carbocycles. The van der Waals surface area contributed by atoms with Crippen LogP contribution in [-0.4, -0.2) is 20.5 Å². The van der Waals surface area contributed by atoms with Crippen molar-refractivity contribution in [1.82, 2.24) is 0 Å². The number of rotatable bonds is 3. The van der Waals surface area contributed by atoms with Crippen LogP contribution in [0.1, 0.15) is 23.0 Å². The molecule has 0 heterocycles. The number of hydrogen-bond donors (Lipinski definition) is 0. The third-order valence-corrected chi connectivity index (χ3v) is 4.79. The molecule has 1 aliphatic rings. The van der Waals surface area contributed by atoms with Crippen molar-refractivity contribution in [2.45, 2.75) is 16.7 Å². The predicted molar refractivity (Wildman–Crippen MR) is 76.5 cm³/mol. The van der Waals surface area contributed by atoms with Gasteiger partial charge in [-0.2, -0.15) is 0 Å². The predicted octanol–water partition coefficient (Wildman–Crippen LogP) is 2.54. The normalized spacial score (nSPS) is 21.8. The maximum atomic E-state index is 12.0. The van der Waals surface area contributed by atoms with Crippen molar-refractivity contribution in [1.29, 1.82) is 0 Å². The van der Waals surface area contributed by atoms with Gasteiger partial charge >= 0.3 is 0 Å². The Morgan fingerprint density at radius 2 is 1.30 bits per heavy atom. The number of sulfone groups is 1. The van der Waals surface area contributed by atoms with Crippen LogP contribution >= 0.6 is 0 Å². The highest BCUT2D eigenvalue weighted by Gasteiger charge is 2.50. The van der Waals surface area contributed by atoms with Gasteiger partial charge in [-0.05, 0) is 23.3 Å². The lowest BCUT2D eigenvalue weighted by molar-refractivity contribution is -0.110. The van der Waals surface area contributed by atoms with Crippen molar-refractivity contribution in [2.75, 3.05) is 6.26 Å². The van der Waals surface area contributed by atoms with Gasteiger partial charge in [0.05, 0.1) is 16.7 Å². The number of carbonyl (C=O) groups is 1. The van der Waals surface area contributed by atoms with E-state index in [0.717, 1.165) is 11.1 Å². The first-order valence-corrected chi connectivity index (χ1v) is 8.26. The lowest BCUT2D eigenvalue weighted by Crippen LogP contribution is -1.96. The molecule has 3 nitrogen and oxygen atoms in total. The summed E-state index contributed by atoms with van der Waals surface area (Å²) in [4.78, 5) is 12.3. The van der Waals surface area contributed by atoms with Gasteiger partial charge in [0.1, 0.15) is 5.78 Å². The van der Waals surface area contributed by atoms with Gasteiger partial charge in [0.15, 0.2) is 9.84 Å². The van der Waals surface area contributed by atoms with Gasteiger partial charge in [-0.3, -0.25) is 4.79 Å². The summed E-state index contributed by atoms with van der Waals surface area (Å²) in [7, 11) is -3.19. The maximum absolute atomic E-state index is 12.0. The maximum Gasteiger partial charge on any atom is 0.175 e. The van der Waals surface area contributed by atoms with Crippen LogP contribution in [0.15, 0.2) is 59.5 Å². The van der Waals surface area contributed by atoms with E-state index >= 15 is 0 Å². The van der Waals surface area contributed by atoms with Crippen molar-refractivity contribution >= 4 is 15.6 Å². The van der Waals surface area contributed by atoms with E-state index < -0.39 is 9.84 Å². The molecule has 0 amide bonds. The molecule has 0 spiro atoms. The molecule has 2 unspecified atom stereocenters. The van der Waals surface area contributed by atoms with Crippen LogP contribution in [0, 0.1) is 0 Å². The number of carbonyl (C=O) groups excluding carboxylic acids is 1. The van der Waals surface area contributed by atoms with Gasteiger partial charge in [-0.25, -0.2) is 8.42 Å². The molecule has 2 aromatic carbocycles. The molecule has 102 valence electrons. The molecule has 0 aliphatic heterocycles. The Kier molecular flexibility index (Phi) is 2.98. The average molecular weight is 286 g/mol. The Balaban J connectivity index is 1.87. The summed E-state index contributed by atoms with van der Waals surface area (Å²) in [5.74, 6) is -0.0189. The molecular formula is C16H14O3S. The van der Waals surface area contributed by atoms with E-state index in [2.05, 4.69) is 0 Å². The summed E-state index contributed by atoms with van der Waals surface area (Å²) in [6.45, 7) is 0. The quantitative estimate of drug-likeness (QED) is 0.871. The Hall–Kier alpha value is -1.94. The first kappa shape index (κ1) is 13.1. The highest BCUT2D eigenvalue weighted by Crippen LogP contribution is 2.50. The smallest absolute Gasteiger partial charge is 0.175 e. The first-order valence-electron chi connectivity index (χ1n) is 6.37. The second kappa shape index (κ2) is 4.56. The molecule has 0 saturated heterocycles. The van der Waals surface area contributed by atoms with Crippen LogP contribution in [-0.2, 0) is 14.6 Å². The third kappa shape index (κ3) is 2.27. The van der Waals surface area contributed by atoms with Crippen molar-refractivity contribution in [2.24, 2.45) is 0 Å². The highest BCUT2D eigenvalue weighted by molar-refractivity contribution is 7.90. The van der Waals surface area contributed by atoms with Gasteiger partial charge in [-0.15, -0.1) is 0 Å². The number of benzene rings is 2. The molecule has 2 aromatic rings. The molecule has 1 saturated carbocycles. The fourth-order valence-corrected chi connectivity index (χ4v) is 3.17. The molecule has 4 heteroatoms. The summed E-state index contributed by atoms with van der Waals surface area (Å²) < 4.78 is 22.8. The van der Waals surface area contributed by atoms with E-state index in [0.29, 0.717) is 0 Å². The SMILES string of the molecule is CS(=O)(=O)c1ccc(C2C(=O)C2c2ccccc2)cc1. The van der Waals surface area contributed by atoms with Crippen LogP contribution in [0.2, 0.25) is 0 Å². The van der Waals surface area contributed by atoms with Crippen molar-refractivity contribution in [3.8, 4) is 0 Å². The minimum Gasteiger partial charge on any atom is -0.298 e. The molecule has 0 radical (unpaired) electrons. The molecule has 0 aromatic heterocycles. The number of ketones is 1. The van der Waals surface area contributed by atoms with E-state index in [4.69, 9.17) is 0 Å². The van der Waals surface area contributed by atoms with E-state index in [9.17, 15) is 13.2 Å². The largest absolute Gasteiger partial charge is 0.298 e. The van der Waals surface area contributed by atoms with E-state index in [1.54, 1.807) is 24.3 Å². The van der Waals surface area contributed by atoms with Gasteiger partial charge in [0.2, 0.25) is 0 Å². The summed E-state index contributed by atoms with van der Waals surface area (Å²) >= 11 is 0. The van der Waals surface area contributed by atoms with E-state index in [1.165, 1.54) is 6.26 Å². The lowest BCUT2D eigenvalue weighted by atomic mass is 10.0. The molecule has 0 N–H and O–H groups in total. The first-order chi connectivity index (χ1) is 9.48. The van der Waals surface area contributed by atoms with Crippen molar-refractivity contribution < 1.29 is 13.2 Å². The number of Topliss-reactive ketones (excluding diaryl/α,β-unsaturated/α-hetero) is 1. The minimum atomic E-state index is -3.19. The van der Waals surface area contributed by atoms with E-state index in [1.807, 2.05) is 30.3 Å². The summed E-state index contributed by atoms with van der Waals surface area (Å²) in [6.07, 6.45) is 1.18. The molecule has 3 rings (SSSR count). The monoisotopic (exact) mass is 286 g/mol. The van der Waals surface area contributed by atoms with Crippen molar-refractivity contribution in [3.63, 3.8) is 0 Å². The zero-order valence-electron chi connectivity index (χ0n) is 11.0. The van der Waals surface area contributed by atoms with E-state index in [-0.39, 0.29) is 22.5 Å². The summed E-state index contributed by atoms with van der Waals surface area (Å²) in [5.41, 5.74) is 1.91. The Bertz CT molecular complexity index is 746. The summed E-state index contributed by atoms with van der Waals surface area (Å²) in [6, 6.07) is 16.3. The zero-order chi connectivity index (χ0) is 14.3. The van der Waals surface area contributed by atoms with Gasteiger partial charge in [0, 0.05) is 6.26 Å². The highest BCUT2D eigenvalue weighted by atomic mass is 32.2. The Morgan fingerprint density at radius 3 is 1.80 bits per heavy atom. The van der Waals surface area contributed by atoms with Crippen LogP contribution in [0.3, 0.4) is 0 Å². The van der Waals surface area contributed by atoms with Crippen LogP contribution in [0.5, 0.6) is 0 Å². The van der Waals surface area contributed by atoms with Gasteiger partial charge < -0.3 is 0 Å². The minimum absolute atomic E-state index is 0.0831. The van der Waals surface area contributed by atoms with Gasteiger partial charge in [0.25, 0.3) is 0 Å². The standard InChI is InChI=1S/C16H14O3S/c1-20(18,19)13-9-7-12(8-10-13)15-14(16(15)17)11-5-3-2-4-6-11/h2-10,14-15H,1H3. The Morgan fingerprint density at radius 1 is 0.800 bits per heavy atom. The topological polar surface area (TPSA) is 51.2 Å². The molecule has 1 fully saturated rings. The lowest BCUT2D eigenvalue weighted by Gasteiger charge is -2.01. The average Bonchev–Trinajstić information content (AvgIpc) is 3.10. The fourth-order valence-electron chi connectivity index (χ4n) is 2.54. The molecular weight excluding hydrogens is 272 g/mol.